The lowest BCUT2D eigenvalue weighted by molar-refractivity contribution is 0.0922. The van der Waals surface area contributed by atoms with Gasteiger partial charge in [-0.25, -0.2) is 8.42 Å². The van der Waals surface area contributed by atoms with E-state index in [1.165, 1.54) is 21.7 Å². The van der Waals surface area contributed by atoms with Crippen molar-refractivity contribution in [3.05, 3.63) is 34.9 Å². The Bertz CT molecular complexity index is 593. The molecule has 0 aromatic heterocycles. The Labute approximate surface area is 127 Å². The Hall–Kier alpha value is -0.950. The molecular weight excluding hydrogens is 288 g/mol. The third kappa shape index (κ3) is 4.26. The van der Waals surface area contributed by atoms with Crippen molar-refractivity contribution in [1.82, 2.24) is 9.21 Å². The van der Waals surface area contributed by atoms with Gasteiger partial charge in [0.05, 0.1) is 12.4 Å². The third-order valence-corrected chi connectivity index (χ3v) is 5.45. The highest BCUT2D eigenvalue weighted by molar-refractivity contribution is 7.88. The molecule has 1 aromatic carbocycles. The van der Waals surface area contributed by atoms with Gasteiger partial charge in [0, 0.05) is 32.7 Å². The average molecular weight is 312 g/mol. The van der Waals surface area contributed by atoms with Gasteiger partial charge in [-0.05, 0) is 30.5 Å². The molecule has 0 saturated carbocycles. The number of aliphatic hydroxyl groups excluding tert-OH is 1. The summed E-state index contributed by atoms with van der Waals surface area (Å²) in [6.45, 7) is 6.95. The van der Waals surface area contributed by atoms with Crippen LogP contribution in [0.1, 0.15) is 22.8 Å². The Kier molecular flexibility index (Phi) is 5.03. The first kappa shape index (κ1) is 16.4. The molecule has 5 nitrogen and oxygen atoms in total. The minimum Gasteiger partial charge on any atom is -0.387 e. The van der Waals surface area contributed by atoms with Crippen LogP contribution in [0.15, 0.2) is 18.2 Å². The Morgan fingerprint density at radius 1 is 1.14 bits per heavy atom. The number of piperazine rings is 1. The van der Waals surface area contributed by atoms with Crippen LogP contribution in [0.5, 0.6) is 0 Å². The summed E-state index contributed by atoms with van der Waals surface area (Å²) >= 11 is 0. The van der Waals surface area contributed by atoms with Crippen molar-refractivity contribution in [2.24, 2.45) is 0 Å². The predicted octanol–water partition coefficient (Wildman–Crippen LogP) is 0.914. The normalized spacial score (nSPS) is 19.6. The highest BCUT2D eigenvalue weighted by atomic mass is 32.2. The molecule has 1 aliphatic rings. The molecule has 1 fully saturated rings. The maximum Gasteiger partial charge on any atom is 0.211 e. The van der Waals surface area contributed by atoms with Gasteiger partial charge in [-0.15, -0.1) is 0 Å². The first-order chi connectivity index (χ1) is 9.77. The van der Waals surface area contributed by atoms with E-state index in [1.54, 1.807) is 0 Å². The second-order valence-corrected chi connectivity index (χ2v) is 7.80. The van der Waals surface area contributed by atoms with Gasteiger partial charge in [0.1, 0.15) is 0 Å². The lowest BCUT2D eigenvalue weighted by Gasteiger charge is -2.34. The van der Waals surface area contributed by atoms with E-state index in [-0.39, 0.29) is 0 Å². The Morgan fingerprint density at radius 2 is 1.76 bits per heavy atom. The first-order valence-corrected chi connectivity index (χ1v) is 9.05. The van der Waals surface area contributed by atoms with E-state index in [0.29, 0.717) is 32.7 Å². The second kappa shape index (κ2) is 6.44. The molecule has 1 N–H and O–H groups in total. The van der Waals surface area contributed by atoms with Crippen LogP contribution in [0.2, 0.25) is 0 Å². The molecule has 1 heterocycles. The zero-order valence-corrected chi connectivity index (χ0v) is 13.7. The van der Waals surface area contributed by atoms with Crippen molar-refractivity contribution in [3.63, 3.8) is 0 Å². The molecule has 0 aliphatic carbocycles. The molecule has 6 heteroatoms. The fraction of sp³-hybridized carbons (Fsp3) is 0.600. The van der Waals surface area contributed by atoms with Gasteiger partial charge in [0.25, 0.3) is 0 Å². The molecule has 2 rings (SSSR count). The van der Waals surface area contributed by atoms with Crippen molar-refractivity contribution in [1.29, 1.82) is 0 Å². The summed E-state index contributed by atoms with van der Waals surface area (Å²) in [5, 5.41) is 10.3. The quantitative estimate of drug-likeness (QED) is 0.898. The molecule has 1 saturated heterocycles. The molecule has 1 aliphatic heterocycles. The van der Waals surface area contributed by atoms with Gasteiger partial charge in [-0.2, -0.15) is 4.31 Å². The molecule has 0 spiro atoms. The average Bonchev–Trinajstić information content (AvgIpc) is 2.41. The number of hydrogen-bond acceptors (Lipinski definition) is 4. The van der Waals surface area contributed by atoms with Crippen LogP contribution in [0.4, 0.5) is 0 Å². The highest BCUT2D eigenvalue weighted by Crippen LogP contribution is 2.19. The van der Waals surface area contributed by atoms with Gasteiger partial charge < -0.3 is 5.11 Å². The Morgan fingerprint density at radius 3 is 2.29 bits per heavy atom. The summed E-state index contributed by atoms with van der Waals surface area (Å²) < 4.78 is 24.4. The monoisotopic (exact) mass is 312 g/mol. The van der Waals surface area contributed by atoms with Crippen LogP contribution in [0.25, 0.3) is 0 Å². The molecule has 1 aromatic rings. The summed E-state index contributed by atoms with van der Waals surface area (Å²) in [7, 11) is -3.10. The number of sulfonamides is 1. The number of hydrogen-bond donors (Lipinski definition) is 1. The van der Waals surface area contributed by atoms with Gasteiger partial charge >= 0.3 is 0 Å². The molecule has 118 valence electrons. The molecule has 21 heavy (non-hydrogen) atoms. The summed E-state index contributed by atoms with van der Waals surface area (Å²) in [5.74, 6) is 0. The van der Waals surface area contributed by atoms with E-state index in [1.807, 2.05) is 25.1 Å². The molecule has 1 atom stereocenters. The largest absolute Gasteiger partial charge is 0.387 e. The molecule has 0 amide bonds. The van der Waals surface area contributed by atoms with Crippen molar-refractivity contribution in [2.45, 2.75) is 20.0 Å². The number of aryl methyl sites for hydroxylation is 2. The van der Waals surface area contributed by atoms with Crippen LogP contribution in [0, 0.1) is 13.8 Å². The van der Waals surface area contributed by atoms with Crippen molar-refractivity contribution in [3.8, 4) is 0 Å². The van der Waals surface area contributed by atoms with Crippen LogP contribution in [0.3, 0.4) is 0 Å². The van der Waals surface area contributed by atoms with Crippen molar-refractivity contribution in [2.75, 3.05) is 39.0 Å². The highest BCUT2D eigenvalue weighted by Gasteiger charge is 2.24. The summed E-state index contributed by atoms with van der Waals surface area (Å²) in [4.78, 5) is 2.11. The standard InChI is InChI=1S/C15H24N2O3S/c1-12-4-5-14(10-13(12)2)15(18)11-16-6-8-17(9-7-16)21(3,19)20/h4-5,10,15,18H,6-9,11H2,1-3H3. The van der Waals surface area contributed by atoms with Crippen molar-refractivity contribution < 1.29 is 13.5 Å². The smallest absolute Gasteiger partial charge is 0.211 e. The molecule has 0 bridgehead atoms. The predicted molar refractivity (Wildman–Crippen MR) is 83.7 cm³/mol. The van der Waals surface area contributed by atoms with E-state index in [2.05, 4.69) is 11.8 Å². The van der Waals surface area contributed by atoms with Gasteiger partial charge in [0.2, 0.25) is 10.0 Å². The van der Waals surface area contributed by atoms with E-state index in [4.69, 9.17) is 0 Å². The van der Waals surface area contributed by atoms with Crippen LogP contribution in [-0.4, -0.2) is 61.7 Å². The maximum absolute atomic E-state index is 11.5. The van der Waals surface area contributed by atoms with Crippen LogP contribution < -0.4 is 0 Å². The van der Waals surface area contributed by atoms with Crippen LogP contribution >= 0.6 is 0 Å². The van der Waals surface area contributed by atoms with Gasteiger partial charge in [0.15, 0.2) is 0 Å². The lowest BCUT2D eigenvalue weighted by atomic mass is 10.0. The van der Waals surface area contributed by atoms with Gasteiger partial charge in [-0.3, -0.25) is 4.90 Å². The summed E-state index contributed by atoms with van der Waals surface area (Å²) in [5.41, 5.74) is 3.31. The van der Waals surface area contributed by atoms with E-state index < -0.39 is 16.1 Å². The SMILES string of the molecule is Cc1ccc(C(O)CN2CCN(S(C)(=O)=O)CC2)cc1C. The fourth-order valence-corrected chi connectivity index (χ4v) is 3.39. The Balaban J connectivity index is 1.92. The summed E-state index contributed by atoms with van der Waals surface area (Å²) in [6, 6.07) is 6.00. The van der Waals surface area contributed by atoms with Crippen molar-refractivity contribution >= 4 is 10.0 Å². The maximum atomic E-state index is 11.5. The minimum atomic E-state index is -3.10. The minimum absolute atomic E-state index is 0.498. The molecular formula is C15H24N2O3S. The number of β-amino-alcohol motifs (C(OH)–C–C–N with tert-alkyl or cyclic N) is 1. The van der Waals surface area contributed by atoms with E-state index in [0.717, 1.165) is 5.56 Å². The number of nitrogens with zero attached hydrogens (tertiary/aromatic N) is 2. The zero-order valence-electron chi connectivity index (χ0n) is 12.9. The summed E-state index contributed by atoms with van der Waals surface area (Å²) in [6.07, 6.45) is 0.709. The van der Waals surface area contributed by atoms with Gasteiger partial charge in [-0.1, -0.05) is 18.2 Å². The third-order valence-electron chi connectivity index (χ3n) is 4.15. The van der Waals surface area contributed by atoms with Crippen LogP contribution in [-0.2, 0) is 10.0 Å². The fourth-order valence-electron chi connectivity index (χ4n) is 2.57. The van der Waals surface area contributed by atoms with E-state index >= 15 is 0 Å². The second-order valence-electron chi connectivity index (χ2n) is 5.82. The van der Waals surface area contributed by atoms with E-state index in [9.17, 15) is 13.5 Å². The number of rotatable bonds is 4. The molecule has 0 radical (unpaired) electrons. The lowest BCUT2D eigenvalue weighted by Crippen LogP contribution is -2.49. The first-order valence-electron chi connectivity index (χ1n) is 7.20. The zero-order chi connectivity index (χ0) is 15.6. The molecule has 1 unspecified atom stereocenters. The number of benzene rings is 1. The number of aliphatic hydroxyl groups is 1. The topological polar surface area (TPSA) is 60.9 Å².